The minimum Gasteiger partial charge on any atom is -0.481 e. The fraction of sp³-hybridized carbons (Fsp3) is 0.667. The summed E-state index contributed by atoms with van der Waals surface area (Å²) in [6.07, 6.45) is 1.27. The first-order chi connectivity index (χ1) is 9.36. The molecule has 0 aliphatic heterocycles. The maximum atomic E-state index is 10.7. The SMILES string of the molecule is CC(C)CC(CN(C)C)NCc1ccc(CC(=O)O)s1. The van der Waals surface area contributed by atoms with E-state index in [1.54, 1.807) is 11.3 Å². The van der Waals surface area contributed by atoms with E-state index in [2.05, 4.69) is 38.2 Å². The monoisotopic (exact) mass is 298 g/mol. The zero-order valence-corrected chi connectivity index (χ0v) is 13.7. The number of carboxylic acid groups (broad SMARTS) is 1. The maximum Gasteiger partial charge on any atom is 0.308 e. The first-order valence-corrected chi connectivity index (χ1v) is 7.86. The molecular formula is C15H26N2O2S. The van der Waals surface area contributed by atoms with Gasteiger partial charge in [-0.15, -0.1) is 11.3 Å². The van der Waals surface area contributed by atoms with Crippen molar-refractivity contribution < 1.29 is 9.90 Å². The zero-order valence-electron chi connectivity index (χ0n) is 12.8. The number of carbonyl (C=O) groups is 1. The van der Waals surface area contributed by atoms with Gasteiger partial charge in [-0.2, -0.15) is 0 Å². The highest BCUT2D eigenvalue weighted by Crippen LogP contribution is 2.17. The van der Waals surface area contributed by atoms with Gasteiger partial charge in [0.25, 0.3) is 0 Å². The molecule has 2 N–H and O–H groups in total. The number of aliphatic carboxylic acids is 1. The third kappa shape index (κ3) is 7.03. The molecule has 1 atom stereocenters. The van der Waals surface area contributed by atoms with Crippen molar-refractivity contribution in [1.29, 1.82) is 0 Å². The number of nitrogens with one attached hydrogen (secondary N) is 1. The van der Waals surface area contributed by atoms with Crippen molar-refractivity contribution in [2.24, 2.45) is 5.92 Å². The Bertz CT molecular complexity index is 406. The second-order valence-corrected chi connectivity index (χ2v) is 7.16. The molecule has 1 aromatic rings. The summed E-state index contributed by atoms with van der Waals surface area (Å²) in [4.78, 5) is 15.0. The molecule has 0 aromatic carbocycles. The third-order valence-electron chi connectivity index (χ3n) is 2.95. The van der Waals surface area contributed by atoms with Gasteiger partial charge in [0.15, 0.2) is 0 Å². The molecule has 0 aliphatic rings. The van der Waals surface area contributed by atoms with Crippen LogP contribution in [0, 0.1) is 5.92 Å². The number of hydrogen-bond donors (Lipinski definition) is 2. The fourth-order valence-corrected chi connectivity index (χ4v) is 3.20. The van der Waals surface area contributed by atoms with Crippen molar-refractivity contribution >= 4 is 17.3 Å². The van der Waals surface area contributed by atoms with E-state index >= 15 is 0 Å². The van der Waals surface area contributed by atoms with Crippen LogP contribution in [-0.2, 0) is 17.8 Å². The Kier molecular flexibility index (Phi) is 7.19. The van der Waals surface area contributed by atoms with Crippen LogP contribution in [0.5, 0.6) is 0 Å². The molecule has 5 heteroatoms. The average molecular weight is 298 g/mol. The smallest absolute Gasteiger partial charge is 0.308 e. The standard InChI is InChI=1S/C15H26N2O2S/c1-11(2)7-12(10-17(3)4)16-9-14-6-5-13(20-14)8-15(18)19/h5-6,11-12,16H,7-10H2,1-4H3,(H,18,19). The lowest BCUT2D eigenvalue weighted by Gasteiger charge is -2.23. The van der Waals surface area contributed by atoms with E-state index in [1.807, 2.05) is 12.1 Å². The molecule has 0 aliphatic carbocycles. The van der Waals surface area contributed by atoms with Crippen LogP contribution >= 0.6 is 11.3 Å². The summed E-state index contributed by atoms with van der Waals surface area (Å²) in [7, 11) is 4.18. The molecular weight excluding hydrogens is 272 g/mol. The molecule has 1 rings (SSSR count). The van der Waals surface area contributed by atoms with E-state index in [0.29, 0.717) is 12.0 Å². The minimum absolute atomic E-state index is 0.123. The molecule has 0 saturated heterocycles. The summed E-state index contributed by atoms with van der Waals surface area (Å²) >= 11 is 1.58. The van der Waals surface area contributed by atoms with Crippen LogP contribution in [0.3, 0.4) is 0 Å². The van der Waals surface area contributed by atoms with E-state index < -0.39 is 5.97 Å². The number of hydrogen-bond acceptors (Lipinski definition) is 4. The van der Waals surface area contributed by atoms with Crippen LogP contribution in [0.25, 0.3) is 0 Å². The predicted molar refractivity (Wildman–Crippen MR) is 84.3 cm³/mol. The van der Waals surface area contributed by atoms with Crippen LogP contribution in [0.1, 0.15) is 30.0 Å². The lowest BCUT2D eigenvalue weighted by Crippen LogP contribution is -2.38. The third-order valence-corrected chi connectivity index (χ3v) is 4.03. The fourth-order valence-electron chi connectivity index (χ4n) is 2.24. The molecule has 4 nitrogen and oxygen atoms in total. The summed E-state index contributed by atoms with van der Waals surface area (Å²) in [5, 5.41) is 12.4. The van der Waals surface area contributed by atoms with Crippen LogP contribution < -0.4 is 5.32 Å². The molecule has 1 aromatic heterocycles. The first-order valence-electron chi connectivity index (χ1n) is 7.04. The highest BCUT2D eigenvalue weighted by molar-refractivity contribution is 7.12. The Morgan fingerprint density at radius 3 is 2.55 bits per heavy atom. The summed E-state index contributed by atoms with van der Waals surface area (Å²) in [6, 6.07) is 4.41. The Morgan fingerprint density at radius 1 is 1.35 bits per heavy atom. The average Bonchev–Trinajstić information content (AvgIpc) is 2.71. The van der Waals surface area contributed by atoms with Crippen LogP contribution in [0.4, 0.5) is 0 Å². The van der Waals surface area contributed by atoms with Gasteiger partial charge in [-0.1, -0.05) is 13.8 Å². The van der Waals surface area contributed by atoms with Crippen molar-refractivity contribution in [2.45, 2.75) is 39.3 Å². The van der Waals surface area contributed by atoms with E-state index in [-0.39, 0.29) is 6.42 Å². The molecule has 0 spiro atoms. The molecule has 114 valence electrons. The lowest BCUT2D eigenvalue weighted by atomic mass is 10.0. The van der Waals surface area contributed by atoms with E-state index in [9.17, 15) is 4.79 Å². The minimum atomic E-state index is -0.767. The van der Waals surface area contributed by atoms with Crippen LogP contribution in [0.15, 0.2) is 12.1 Å². The highest BCUT2D eigenvalue weighted by Gasteiger charge is 2.12. The van der Waals surface area contributed by atoms with Gasteiger partial charge in [0.05, 0.1) is 6.42 Å². The topological polar surface area (TPSA) is 52.6 Å². The molecule has 1 unspecified atom stereocenters. The lowest BCUT2D eigenvalue weighted by molar-refractivity contribution is -0.136. The van der Waals surface area contributed by atoms with Crippen molar-refractivity contribution in [3.8, 4) is 0 Å². The van der Waals surface area contributed by atoms with Crippen molar-refractivity contribution in [3.05, 3.63) is 21.9 Å². The zero-order chi connectivity index (χ0) is 15.1. The Labute approximate surface area is 125 Å². The largest absolute Gasteiger partial charge is 0.481 e. The number of thiophene rings is 1. The van der Waals surface area contributed by atoms with Crippen molar-refractivity contribution in [2.75, 3.05) is 20.6 Å². The molecule has 0 radical (unpaired) electrons. The predicted octanol–water partition coefficient (Wildman–Crippen LogP) is 2.44. The number of rotatable bonds is 9. The van der Waals surface area contributed by atoms with Gasteiger partial charge < -0.3 is 15.3 Å². The van der Waals surface area contributed by atoms with E-state index in [0.717, 1.165) is 24.4 Å². The Morgan fingerprint density at radius 2 is 2.00 bits per heavy atom. The van der Waals surface area contributed by atoms with Gasteiger partial charge in [0.2, 0.25) is 0 Å². The molecule has 0 amide bonds. The first kappa shape index (κ1) is 17.1. The molecule has 20 heavy (non-hydrogen) atoms. The summed E-state index contributed by atoms with van der Waals surface area (Å²) in [5.74, 6) is -0.102. The summed E-state index contributed by atoms with van der Waals surface area (Å²) in [6.45, 7) is 6.31. The highest BCUT2D eigenvalue weighted by atomic mass is 32.1. The molecule has 0 bridgehead atoms. The normalized spacial score (nSPS) is 13.1. The van der Waals surface area contributed by atoms with Crippen LogP contribution in [-0.4, -0.2) is 42.7 Å². The van der Waals surface area contributed by atoms with Crippen molar-refractivity contribution in [3.63, 3.8) is 0 Å². The van der Waals surface area contributed by atoms with Gasteiger partial charge >= 0.3 is 5.97 Å². The van der Waals surface area contributed by atoms with Gasteiger partial charge in [-0.05, 0) is 38.6 Å². The quantitative estimate of drug-likeness (QED) is 0.735. The van der Waals surface area contributed by atoms with Crippen LogP contribution in [0.2, 0.25) is 0 Å². The Hall–Kier alpha value is -0.910. The number of likely N-dealkylation sites (N-methyl/N-ethyl adjacent to an activating group) is 1. The number of carboxylic acids is 1. The second-order valence-electron chi connectivity index (χ2n) is 5.91. The molecule has 0 saturated carbocycles. The van der Waals surface area contributed by atoms with Gasteiger partial charge in [0, 0.05) is 28.9 Å². The molecule has 0 fully saturated rings. The summed E-state index contributed by atoms with van der Waals surface area (Å²) in [5.41, 5.74) is 0. The molecule has 1 heterocycles. The number of nitrogens with zero attached hydrogens (tertiary/aromatic N) is 1. The van der Waals surface area contributed by atoms with Gasteiger partial charge in [-0.25, -0.2) is 0 Å². The maximum absolute atomic E-state index is 10.7. The van der Waals surface area contributed by atoms with E-state index in [4.69, 9.17) is 5.11 Å². The van der Waals surface area contributed by atoms with Gasteiger partial charge in [-0.3, -0.25) is 4.79 Å². The van der Waals surface area contributed by atoms with E-state index in [1.165, 1.54) is 4.88 Å². The summed E-state index contributed by atoms with van der Waals surface area (Å²) < 4.78 is 0. The van der Waals surface area contributed by atoms with Gasteiger partial charge in [0.1, 0.15) is 0 Å². The Balaban J connectivity index is 2.49. The van der Waals surface area contributed by atoms with Crippen molar-refractivity contribution in [1.82, 2.24) is 10.2 Å². The second kappa shape index (κ2) is 8.39.